The third-order valence-corrected chi connectivity index (χ3v) is 4.95. The summed E-state index contributed by atoms with van der Waals surface area (Å²) in [7, 11) is 1.91. The molecule has 6 heteroatoms. The number of anilines is 1. The molecule has 0 aromatic carbocycles. The molecule has 2 aromatic rings. The van der Waals surface area contributed by atoms with Crippen LogP contribution >= 0.6 is 0 Å². The fourth-order valence-electron chi connectivity index (χ4n) is 3.58. The summed E-state index contributed by atoms with van der Waals surface area (Å²) >= 11 is 0. The number of likely N-dealkylation sites (tertiary alicyclic amines) is 1. The topological polar surface area (TPSA) is 54.3 Å². The predicted octanol–water partition coefficient (Wildman–Crippen LogP) is 1.31. The zero-order chi connectivity index (χ0) is 15.2. The molecule has 2 aromatic heterocycles. The van der Waals surface area contributed by atoms with Gasteiger partial charge in [-0.1, -0.05) is 0 Å². The van der Waals surface area contributed by atoms with Gasteiger partial charge in [-0.15, -0.1) is 0 Å². The summed E-state index contributed by atoms with van der Waals surface area (Å²) < 4.78 is 1.88. The molecular formula is C16H19N5O. The summed E-state index contributed by atoms with van der Waals surface area (Å²) in [5.41, 5.74) is 0.779. The third kappa shape index (κ3) is 1.90. The second-order valence-corrected chi connectivity index (χ2v) is 6.16. The van der Waals surface area contributed by atoms with Crippen LogP contribution in [-0.4, -0.2) is 50.5 Å². The molecule has 1 spiro atoms. The monoisotopic (exact) mass is 297 g/mol. The zero-order valence-corrected chi connectivity index (χ0v) is 12.6. The van der Waals surface area contributed by atoms with Gasteiger partial charge >= 0.3 is 0 Å². The first-order valence-corrected chi connectivity index (χ1v) is 7.65. The van der Waals surface area contributed by atoms with E-state index in [0.717, 1.165) is 44.1 Å². The Kier molecular flexibility index (Phi) is 2.92. The van der Waals surface area contributed by atoms with Crippen molar-refractivity contribution < 1.29 is 4.79 Å². The molecule has 2 aliphatic heterocycles. The molecule has 2 saturated heterocycles. The van der Waals surface area contributed by atoms with E-state index in [-0.39, 0.29) is 11.4 Å². The highest BCUT2D eigenvalue weighted by Crippen LogP contribution is 2.41. The van der Waals surface area contributed by atoms with Gasteiger partial charge in [-0.05, 0) is 31.0 Å². The van der Waals surface area contributed by atoms with E-state index in [1.54, 1.807) is 12.4 Å². The van der Waals surface area contributed by atoms with E-state index in [1.807, 2.05) is 40.9 Å². The second-order valence-electron chi connectivity index (χ2n) is 6.16. The molecule has 2 aliphatic rings. The van der Waals surface area contributed by atoms with Gasteiger partial charge in [-0.2, -0.15) is 0 Å². The first kappa shape index (κ1) is 13.3. The predicted molar refractivity (Wildman–Crippen MR) is 82.7 cm³/mol. The van der Waals surface area contributed by atoms with Crippen molar-refractivity contribution in [1.82, 2.24) is 19.4 Å². The van der Waals surface area contributed by atoms with Gasteiger partial charge in [0.05, 0.1) is 5.54 Å². The molecule has 114 valence electrons. The van der Waals surface area contributed by atoms with Crippen LogP contribution < -0.4 is 4.90 Å². The highest BCUT2D eigenvalue weighted by Gasteiger charge is 2.51. The Morgan fingerprint density at radius 1 is 1.18 bits per heavy atom. The van der Waals surface area contributed by atoms with Crippen molar-refractivity contribution in [2.24, 2.45) is 7.05 Å². The average Bonchev–Trinajstić information content (AvgIpc) is 3.14. The lowest BCUT2D eigenvalue weighted by Crippen LogP contribution is -2.62. The lowest BCUT2D eigenvalue weighted by Gasteiger charge is -2.50. The molecule has 0 saturated carbocycles. The molecule has 1 atom stereocenters. The van der Waals surface area contributed by atoms with Gasteiger partial charge in [-0.3, -0.25) is 4.79 Å². The third-order valence-electron chi connectivity index (χ3n) is 4.95. The van der Waals surface area contributed by atoms with E-state index in [2.05, 4.69) is 14.9 Å². The van der Waals surface area contributed by atoms with Gasteiger partial charge in [-0.25, -0.2) is 9.97 Å². The van der Waals surface area contributed by atoms with Gasteiger partial charge in [0.1, 0.15) is 5.69 Å². The van der Waals surface area contributed by atoms with Gasteiger partial charge in [0, 0.05) is 45.3 Å². The molecule has 2 fully saturated rings. The van der Waals surface area contributed by atoms with Crippen molar-refractivity contribution in [2.75, 3.05) is 24.5 Å². The van der Waals surface area contributed by atoms with Crippen LogP contribution in [0, 0.1) is 0 Å². The van der Waals surface area contributed by atoms with E-state index < -0.39 is 0 Å². The first-order chi connectivity index (χ1) is 10.7. The average molecular weight is 297 g/mol. The summed E-state index contributed by atoms with van der Waals surface area (Å²) in [6.07, 6.45) is 7.54. The normalized spacial score (nSPS) is 23.9. The maximum absolute atomic E-state index is 12.7. The minimum Gasteiger partial charge on any atom is -0.347 e. The van der Waals surface area contributed by atoms with E-state index in [0.29, 0.717) is 0 Å². The highest BCUT2D eigenvalue weighted by atomic mass is 16.2. The van der Waals surface area contributed by atoms with E-state index in [9.17, 15) is 4.79 Å². The number of nitrogens with zero attached hydrogens (tertiary/aromatic N) is 5. The maximum Gasteiger partial charge on any atom is 0.270 e. The molecular weight excluding hydrogens is 278 g/mol. The summed E-state index contributed by atoms with van der Waals surface area (Å²) in [6, 6.07) is 5.62. The van der Waals surface area contributed by atoms with Crippen LogP contribution in [0.2, 0.25) is 0 Å². The van der Waals surface area contributed by atoms with Crippen molar-refractivity contribution in [1.29, 1.82) is 0 Å². The van der Waals surface area contributed by atoms with Crippen LogP contribution in [0.1, 0.15) is 23.3 Å². The molecule has 22 heavy (non-hydrogen) atoms. The summed E-state index contributed by atoms with van der Waals surface area (Å²) in [5, 5.41) is 0. The van der Waals surface area contributed by atoms with Crippen LogP contribution in [0.5, 0.6) is 0 Å². The second kappa shape index (κ2) is 4.83. The van der Waals surface area contributed by atoms with Gasteiger partial charge in [0.15, 0.2) is 0 Å². The number of hydrogen-bond acceptors (Lipinski definition) is 4. The van der Waals surface area contributed by atoms with Crippen LogP contribution in [-0.2, 0) is 7.05 Å². The molecule has 0 bridgehead atoms. The number of rotatable bonds is 2. The van der Waals surface area contributed by atoms with Gasteiger partial charge in [0.2, 0.25) is 5.95 Å². The molecule has 1 amide bonds. The van der Waals surface area contributed by atoms with Crippen molar-refractivity contribution in [2.45, 2.75) is 18.4 Å². The van der Waals surface area contributed by atoms with Crippen LogP contribution in [0.15, 0.2) is 36.8 Å². The van der Waals surface area contributed by atoms with Crippen LogP contribution in [0.25, 0.3) is 0 Å². The Morgan fingerprint density at radius 3 is 2.59 bits per heavy atom. The van der Waals surface area contributed by atoms with Crippen LogP contribution in [0.4, 0.5) is 5.95 Å². The van der Waals surface area contributed by atoms with Gasteiger partial charge < -0.3 is 14.4 Å². The molecule has 4 heterocycles. The summed E-state index contributed by atoms with van der Waals surface area (Å²) in [6.45, 7) is 2.53. The van der Waals surface area contributed by atoms with E-state index in [1.165, 1.54) is 0 Å². The Bertz CT molecular complexity index is 698. The zero-order valence-electron chi connectivity index (χ0n) is 12.6. The number of aryl methyl sites for hydroxylation is 1. The molecule has 0 unspecified atom stereocenters. The Hall–Kier alpha value is -2.37. The highest BCUT2D eigenvalue weighted by molar-refractivity contribution is 5.93. The minimum absolute atomic E-state index is 0.0299. The number of amides is 1. The van der Waals surface area contributed by atoms with E-state index >= 15 is 0 Å². The Labute approximate surface area is 129 Å². The summed E-state index contributed by atoms with van der Waals surface area (Å²) in [5.74, 6) is 0.895. The van der Waals surface area contributed by atoms with Crippen LogP contribution in [0.3, 0.4) is 0 Å². The first-order valence-electron chi connectivity index (χ1n) is 7.65. The SMILES string of the molecule is Cn1cccc1C(=O)N1CC[C@@]2(CCN2c2ncccn2)C1. The number of carbonyl (C=O) groups excluding carboxylic acids is 1. The standard InChI is InChI=1S/C16H19N5O/c1-19-9-2-4-13(19)14(22)20-10-5-16(12-20)6-11-21(16)15-17-7-3-8-18-15/h2-4,7-9H,5-6,10-12H2,1H3/t16-/m1/s1. The fourth-order valence-corrected chi connectivity index (χ4v) is 3.58. The summed E-state index contributed by atoms with van der Waals surface area (Å²) in [4.78, 5) is 25.6. The quantitative estimate of drug-likeness (QED) is 0.838. The number of carbonyl (C=O) groups is 1. The van der Waals surface area contributed by atoms with Crippen molar-refractivity contribution in [3.63, 3.8) is 0 Å². The molecule has 6 nitrogen and oxygen atoms in total. The lowest BCUT2D eigenvalue weighted by atomic mass is 9.84. The van der Waals surface area contributed by atoms with E-state index in [4.69, 9.17) is 0 Å². The molecule has 0 radical (unpaired) electrons. The number of aromatic nitrogens is 3. The smallest absolute Gasteiger partial charge is 0.270 e. The largest absolute Gasteiger partial charge is 0.347 e. The molecule has 0 N–H and O–H groups in total. The lowest BCUT2D eigenvalue weighted by molar-refractivity contribution is 0.0766. The maximum atomic E-state index is 12.7. The van der Waals surface area contributed by atoms with Crippen molar-refractivity contribution >= 4 is 11.9 Å². The van der Waals surface area contributed by atoms with Crippen molar-refractivity contribution in [3.8, 4) is 0 Å². The molecule has 4 rings (SSSR count). The minimum atomic E-state index is 0.0299. The fraction of sp³-hybridized carbons (Fsp3) is 0.438. The Morgan fingerprint density at radius 2 is 1.95 bits per heavy atom. The van der Waals surface area contributed by atoms with Crippen molar-refractivity contribution in [3.05, 3.63) is 42.5 Å². The number of hydrogen-bond donors (Lipinski definition) is 0. The molecule has 0 aliphatic carbocycles. The van der Waals surface area contributed by atoms with Gasteiger partial charge in [0.25, 0.3) is 5.91 Å². The Balaban J connectivity index is 1.53.